The lowest BCUT2D eigenvalue weighted by Crippen LogP contribution is -2.53. The number of nitrogens with zero attached hydrogens (tertiary/aromatic N) is 1. The molecule has 9 nitrogen and oxygen atoms in total. The fourth-order valence-corrected chi connectivity index (χ4v) is 4.56. The number of ether oxygens (including phenoxy) is 1. The number of amides is 4. The Morgan fingerprint density at radius 3 is 2.14 bits per heavy atom. The molecule has 2 atom stereocenters. The SMILES string of the molecule is CCCCCCN(C(=O)C(CCC(N)=O)NC(=O)OC(C)(C)C)C(C(=O)NCc1ccccc1)c1ccc(CC)cc1. The largest absolute Gasteiger partial charge is 0.444 e. The second kappa shape index (κ2) is 17.2. The molecule has 0 saturated carbocycles. The van der Waals surface area contributed by atoms with E-state index in [2.05, 4.69) is 17.6 Å². The molecule has 4 N–H and O–H groups in total. The molecule has 2 aromatic carbocycles. The van der Waals surface area contributed by atoms with E-state index in [0.717, 1.165) is 36.8 Å². The highest BCUT2D eigenvalue weighted by atomic mass is 16.6. The average Bonchev–Trinajstić information content (AvgIpc) is 2.95. The number of nitrogens with two attached hydrogens (primary N) is 1. The second-order valence-electron chi connectivity index (χ2n) is 11.5. The third kappa shape index (κ3) is 11.9. The Labute approximate surface area is 250 Å². The zero-order chi connectivity index (χ0) is 31.1. The van der Waals surface area contributed by atoms with Gasteiger partial charge in [-0.1, -0.05) is 87.7 Å². The highest BCUT2D eigenvalue weighted by Gasteiger charge is 2.36. The maximum atomic E-state index is 14.3. The Hall–Kier alpha value is -3.88. The molecule has 0 saturated heterocycles. The van der Waals surface area contributed by atoms with E-state index >= 15 is 0 Å². The number of carbonyl (C=O) groups excluding carboxylic acids is 4. The molecule has 230 valence electrons. The highest BCUT2D eigenvalue weighted by Crippen LogP contribution is 2.25. The number of carbonyl (C=O) groups is 4. The number of benzene rings is 2. The van der Waals surface area contributed by atoms with Crippen LogP contribution in [0.2, 0.25) is 0 Å². The summed E-state index contributed by atoms with van der Waals surface area (Å²) in [5, 5.41) is 5.65. The van der Waals surface area contributed by atoms with Gasteiger partial charge in [0, 0.05) is 19.5 Å². The summed E-state index contributed by atoms with van der Waals surface area (Å²) in [6.07, 6.45) is 3.45. The van der Waals surface area contributed by atoms with Crippen LogP contribution in [0, 0.1) is 0 Å². The molecule has 4 amide bonds. The van der Waals surface area contributed by atoms with Gasteiger partial charge in [-0.25, -0.2) is 4.79 Å². The van der Waals surface area contributed by atoms with E-state index < -0.39 is 35.6 Å². The van der Waals surface area contributed by atoms with E-state index in [1.165, 1.54) is 4.90 Å². The first-order chi connectivity index (χ1) is 19.9. The number of alkyl carbamates (subject to hydrolysis) is 1. The molecule has 0 spiro atoms. The summed E-state index contributed by atoms with van der Waals surface area (Å²) >= 11 is 0. The van der Waals surface area contributed by atoms with Crippen LogP contribution in [-0.2, 0) is 32.1 Å². The molecule has 2 rings (SSSR count). The van der Waals surface area contributed by atoms with Crippen LogP contribution in [-0.4, -0.2) is 46.9 Å². The minimum atomic E-state index is -1.11. The lowest BCUT2D eigenvalue weighted by atomic mass is 9.99. The molecule has 0 heterocycles. The average molecular weight is 581 g/mol. The third-order valence-corrected chi connectivity index (χ3v) is 6.78. The van der Waals surface area contributed by atoms with Gasteiger partial charge in [0.15, 0.2) is 0 Å². The van der Waals surface area contributed by atoms with Crippen LogP contribution in [0.5, 0.6) is 0 Å². The molecular weight excluding hydrogens is 532 g/mol. The summed E-state index contributed by atoms with van der Waals surface area (Å²) in [4.78, 5) is 54.1. The number of rotatable bonds is 16. The Bertz CT molecular complexity index is 1150. The lowest BCUT2D eigenvalue weighted by molar-refractivity contribution is -0.143. The van der Waals surface area contributed by atoms with Crippen molar-refractivity contribution in [2.75, 3.05) is 6.54 Å². The van der Waals surface area contributed by atoms with Crippen LogP contribution in [0.25, 0.3) is 0 Å². The van der Waals surface area contributed by atoms with E-state index in [4.69, 9.17) is 10.5 Å². The maximum absolute atomic E-state index is 14.3. The summed E-state index contributed by atoms with van der Waals surface area (Å²) < 4.78 is 5.41. The number of hydrogen-bond acceptors (Lipinski definition) is 5. The topological polar surface area (TPSA) is 131 Å². The molecule has 0 aliphatic carbocycles. The molecule has 9 heteroatoms. The van der Waals surface area contributed by atoms with Crippen molar-refractivity contribution in [1.82, 2.24) is 15.5 Å². The van der Waals surface area contributed by atoms with Gasteiger partial charge < -0.3 is 26.0 Å². The lowest BCUT2D eigenvalue weighted by Gasteiger charge is -2.34. The number of aryl methyl sites for hydroxylation is 1. The van der Waals surface area contributed by atoms with Crippen LogP contribution in [0.15, 0.2) is 54.6 Å². The van der Waals surface area contributed by atoms with Gasteiger partial charge in [-0.2, -0.15) is 0 Å². The number of primary amides is 1. The molecule has 2 aromatic rings. The van der Waals surface area contributed by atoms with Crippen molar-refractivity contribution in [3.63, 3.8) is 0 Å². The van der Waals surface area contributed by atoms with Crippen LogP contribution < -0.4 is 16.4 Å². The maximum Gasteiger partial charge on any atom is 0.408 e. The number of unbranched alkanes of at least 4 members (excludes halogenated alkanes) is 3. The van der Waals surface area contributed by atoms with E-state index in [-0.39, 0.29) is 18.7 Å². The molecule has 42 heavy (non-hydrogen) atoms. The van der Waals surface area contributed by atoms with Gasteiger partial charge in [-0.3, -0.25) is 14.4 Å². The molecule has 0 aliphatic heterocycles. The molecule has 0 aliphatic rings. The monoisotopic (exact) mass is 580 g/mol. The van der Waals surface area contributed by atoms with Gasteiger partial charge in [-0.05, 0) is 56.7 Å². The highest BCUT2D eigenvalue weighted by molar-refractivity contribution is 5.92. The summed E-state index contributed by atoms with van der Waals surface area (Å²) in [7, 11) is 0. The van der Waals surface area contributed by atoms with Gasteiger partial charge in [-0.15, -0.1) is 0 Å². The van der Waals surface area contributed by atoms with Crippen molar-refractivity contribution < 1.29 is 23.9 Å². The normalized spacial score (nSPS) is 12.6. The standard InChI is InChI=1S/C33H48N4O5/c1-6-8-9-13-22-37(31(40)27(20-21-28(34)38)36-32(41)42-33(3,4)5)29(26-18-16-24(7-2)17-19-26)30(39)35-23-25-14-11-10-12-15-25/h10-12,14-19,27,29H,6-9,13,20-23H2,1-5H3,(H2,34,38)(H,35,39)(H,36,41). The third-order valence-electron chi connectivity index (χ3n) is 6.78. The van der Waals surface area contributed by atoms with Gasteiger partial charge in [0.05, 0.1) is 0 Å². The van der Waals surface area contributed by atoms with Gasteiger partial charge in [0.25, 0.3) is 0 Å². The van der Waals surface area contributed by atoms with Crippen molar-refractivity contribution in [3.8, 4) is 0 Å². The summed E-state index contributed by atoms with van der Waals surface area (Å²) in [6, 6.07) is 15.1. The summed E-state index contributed by atoms with van der Waals surface area (Å²) in [6.45, 7) is 9.90. The van der Waals surface area contributed by atoms with Crippen LogP contribution in [0.1, 0.15) is 95.9 Å². The van der Waals surface area contributed by atoms with Crippen LogP contribution in [0.3, 0.4) is 0 Å². The molecular formula is C33H48N4O5. The second-order valence-corrected chi connectivity index (χ2v) is 11.5. The Morgan fingerprint density at radius 2 is 1.57 bits per heavy atom. The van der Waals surface area contributed by atoms with Crippen LogP contribution in [0.4, 0.5) is 4.79 Å². The minimum absolute atomic E-state index is 0.0218. The number of hydrogen-bond donors (Lipinski definition) is 3. The first kappa shape index (κ1) is 34.3. The summed E-state index contributed by atoms with van der Waals surface area (Å²) in [5.74, 6) is -1.41. The van der Waals surface area contributed by atoms with Gasteiger partial charge in [0.1, 0.15) is 17.7 Å². The van der Waals surface area contributed by atoms with Crippen molar-refractivity contribution >= 4 is 23.8 Å². The molecule has 2 unspecified atom stereocenters. The fraction of sp³-hybridized carbons (Fsp3) is 0.515. The number of nitrogens with one attached hydrogen (secondary N) is 2. The zero-order valence-corrected chi connectivity index (χ0v) is 25.8. The Balaban J connectivity index is 2.49. The predicted molar refractivity (Wildman–Crippen MR) is 164 cm³/mol. The van der Waals surface area contributed by atoms with Crippen molar-refractivity contribution in [3.05, 3.63) is 71.3 Å². The smallest absolute Gasteiger partial charge is 0.408 e. The van der Waals surface area contributed by atoms with E-state index in [0.29, 0.717) is 25.1 Å². The van der Waals surface area contributed by atoms with Crippen molar-refractivity contribution in [1.29, 1.82) is 0 Å². The van der Waals surface area contributed by atoms with E-state index in [1.54, 1.807) is 20.8 Å². The first-order valence-corrected chi connectivity index (χ1v) is 14.9. The first-order valence-electron chi connectivity index (χ1n) is 14.9. The Kier molecular flexibility index (Phi) is 14.0. The fourth-order valence-electron chi connectivity index (χ4n) is 4.56. The van der Waals surface area contributed by atoms with E-state index in [1.807, 2.05) is 61.5 Å². The molecule has 0 bridgehead atoms. The minimum Gasteiger partial charge on any atom is -0.444 e. The zero-order valence-electron chi connectivity index (χ0n) is 25.8. The molecule has 0 aromatic heterocycles. The van der Waals surface area contributed by atoms with Gasteiger partial charge in [0.2, 0.25) is 17.7 Å². The van der Waals surface area contributed by atoms with Gasteiger partial charge >= 0.3 is 6.09 Å². The quantitative estimate of drug-likeness (QED) is 0.236. The molecule has 0 fully saturated rings. The van der Waals surface area contributed by atoms with Crippen LogP contribution >= 0.6 is 0 Å². The Morgan fingerprint density at radius 1 is 0.905 bits per heavy atom. The van der Waals surface area contributed by atoms with Crippen molar-refractivity contribution in [2.45, 2.75) is 104 Å². The molecule has 0 radical (unpaired) electrons. The van der Waals surface area contributed by atoms with E-state index in [9.17, 15) is 19.2 Å². The predicted octanol–water partition coefficient (Wildman–Crippen LogP) is 5.17. The summed E-state index contributed by atoms with van der Waals surface area (Å²) in [5.41, 5.74) is 7.32. The van der Waals surface area contributed by atoms with Crippen molar-refractivity contribution in [2.24, 2.45) is 5.73 Å².